The molecule has 0 aliphatic carbocycles. The summed E-state index contributed by atoms with van der Waals surface area (Å²) in [6.07, 6.45) is 1.45. The third kappa shape index (κ3) is 2.01. The highest BCUT2D eigenvalue weighted by Crippen LogP contribution is 2.30. The van der Waals surface area contributed by atoms with Crippen molar-refractivity contribution in [2.24, 2.45) is 0 Å². The Bertz CT molecular complexity index is 791. The highest BCUT2D eigenvalue weighted by atomic mass is 35.5. The number of aromatic amines is 1. The predicted molar refractivity (Wildman–Crippen MR) is 75.3 cm³/mol. The number of aryl methyl sites for hydroxylation is 1. The number of carbonyl (C=O) groups excluding carboxylic acids is 1. The van der Waals surface area contributed by atoms with Gasteiger partial charge in [-0.3, -0.25) is 9.78 Å². The Hall–Kier alpha value is -1.85. The lowest BCUT2D eigenvalue weighted by atomic mass is 10.1. The van der Waals surface area contributed by atoms with E-state index < -0.39 is 0 Å². The van der Waals surface area contributed by atoms with Crippen LogP contribution in [-0.2, 0) is 0 Å². The number of fused-ring (bicyclic) bond motifs is 1. The van der Waals surface area contributed by atoms with Crippen LogP contribution in [-0.4, -0.2) is 20.9 Å². The van der Waals surface area contributed by atoms with Crippen LogP contribution in [0.15, 0.2) is 23.7 Å². The van der Waals surface area contributed by atoms with Crippen LogP contribution in [0, 0.1) is 6.92 Å². The molecule has 0 unspecified atom stereocenters. The van der Waals surface area contributed by atoms with Gasteiger partial charge in [0.25, 0.3) is 0 Å². The second-order valence-corrected chi connectivity index (χ2v) is 5.56. The van der Waals surface area contributed by atoms with E-state index in [4.69, 9.17) is 11.6 Å². The van der Waals surface area contributed by atoms with Gasteiger partial charge in [-0.15, -0.1) is 11.3 Å². The zero-order valence-corrected chi connectivity index (χ0v) is 11.5. The number of hydrogen-bond donors (Lipinski definition) is 2. The van der Waals surface area contributed by atoms with Crippen LogP contribution in [0.3, 0.4) is 0 Å². The van der Waals surface area contributed by atoms with Crippen molar-refractivity contribution in [1.82, 2.24) is 9.97 Å². The van der Waals surface area contributed by atoms with Crippen molar-refractivity contribution in [2.45, 2.75) is 6.92 Å². The summed E-state index contributed by atoms with van der Waals surface area (Å²) >= 11 is 7.18. The summed E-state index contributed by atoms with van der Waals surface area (Å²) in [6.45, 7) is 1.92. The van der Waals surface area contributed by atoms with Gasteiger partial charge in [0.1, 0.15) is 11.1 Å². The normalized spacial score (nSPS) is 11.1. The fourth-order valence-electron chi connectivity index (χ4n) is 1.92. The maximum absolute atomic E-state index is 12.4. The lowest BCUT2D eigenvalue weighted by Crippen LogP contribution is -1.98. The summed E-state index contributed by atoms with van der Waals surface area (Å²) in [7, 11) is 0. The molecule has 3 aromatic heterocycles. The first-order valence-electron chi connectivity index (χ1n) is 5.52. The van der Waals surface area contributed by atoms with Gasteiger partial charge < -0.3 is 10.1 Å². The van der Waals surface area contributed by atoms with Gasteiger partial charge in [-0.25, -0.2) is 0 Å². The molecule has 0 radical (unpaired) electrons. The Labute approximate surface area is 117 Å². The zero-order valence-electron chi connectivity index (χ0n) is 9.90. The van der Waals surface area contributed by atoms with Crippen molar-refractivity contribution in [1.29, 1.82) is 0 Å². The molecule has 0 amide bonds. The third-order valence-corrected chi connectivity index (χ3v) is 4.02. The van der Waals surface area contributed by atoms with Crippen molar-refractivity contribution in [3.8, 4) is 5.88 Å². The van der Waals surface area contributed by atoms with E-state index in [9.17, 15) is 9.90 Å². The molecular weight excluding hydrogens is 284 g/mol. The number of hydrogen-bond acceptors (Lipinski definition) is 4. The molecular formula is C13H9ClN2O2S. The van der Waals surface area contributed by atoms with E-state index in [-0.39, 0.29) is 17.2 Å². The molecule has 3 heterocycles. The van der Waals surface area contributed by atoms with Crippen LogP contribution in [0.2, 0.25) is 5.02 Å². The molecule has 0 bridgehead atoms. The molecule has 96 valence electrons. The van der Waals surface area contributed by atoms with E-state index in [1.807, 2.05) is 12.3 Å². The molecule has 0 aliphatic heterocycles. The zero-order chi connectivity index (χ0) is 13.6. The maximum atomic E-state index is 12.4. The Kier molecular flexibility index (Phi) is 2.80. The monoisotopic (exact) mass is 292 g/mol. The molecule has 2 N–H and O–H groups in total. The second-order valence-electron chi connectivity index (χ2n) is 4.22. The molecule has 0 spiro atoms. The SMILES string of the molecule is Cc1csc(C(=O)c2c(O)[nH]c3cc(Cl)cnc23)c1. The van der Waals surface area contributed by atoms with Crippen LogP contribution >= 0.6 is 22.9 Å². The molecule has 0 saturated heterocycles. The van der Waals surface area contributed by atoms with Crippen molar-refractivity contribution < 1.29 is 9.90 Å². The van der Waals surface area contributed by atoms with Crippen molar-refractivity contribution in [3.05, 3.63) is 44.7 Å². The van der Waals surface area contributed by atoms with Crippen LogP contribution in [0.4, 0.5) is 0 Å². The largest absolute Gasteiger partial charge is 0.494 e. The summed E-state index contributed by atoms with van der Waals surface area (Å²) < 4.78 is 0. The van der Waals surface area contributed by atoms with Crippen LogP contribution in [0.25, 0.3) is 11.0 Å². The highest BCUT2D eigenvalue weighted by molar-refractivity contribution is 7.12. The predicted octanol–water partition coefficient (Wildman–Crippen LogP) is 3.52. The van der Waals surface area contributed by atoms with Gasteiger partial charge in [-0.05, 0) is 30.0 Å². The number of thiophene rings is 1. The standard InChI is InChI=1S/C13H9ClN2O2S/c1-6-2-9(19-5-6)12(17)10-11-8(16-13(10)18)3-7(14)4-15-11/h2-5,16,18H,1H3. The molecule has 19 heavy (non-hydrogen) atoms. The molecule has 0 aliphatic rings. The number of rotatable bonds is 2. The molecule has 4 nitrogen and oxygen atoms in total. The number of nitrogens with zero attached hydrogens (tertiary/aromatic N) is 1. The van der Waals surface area contributed by atoms with Gasteiger partial charge in [-0.2, -0.15) is 0 Å². The minimum absolute atomic E-state index is 0.180. The van der Waals surface area contributed by atoms with Crippen molar-refractivity contribution in [2.75, 3.05) is 0 Å². The maximum Gasteiger partial charge on any atom is 0.210 e. The Morgan fingerprint density at radius 3 is 2.95 bits per heavy atom. The summed E-state index contributed by atoms with van der Waals surface area (Å²) in [5.74, 6) is -0.419. The van der Waals surface area contributed by atoms with E-state index in [0.717, 1.165) is 5.56 Å². The number of ketones is 1. The number of pyridine rings is 1. The fraction of sp³-hybridized carbons (Fsp3) is 0.0769. The molecule has 0 atom stereocenters. The summed E-state index contributed by atoms with van der Waals surface area (Å²) in [4.78, 5) is 19.8. The van der Waals surface area contributed by atoms with Crippen molar-refractivity contribution in [3.63, 3.8) is 0 Å². The number of carbonyl (C=O) groups is 1. The van der Waals surface area contributed by atoms with Gasteiger partial charge in [0, 0.05) is 6.20 Å². The summed E-state index contributed by atoms with van der Waals surface area (Å²) in [5, 5.41) is 12.2. The van der Waals surface area contributed by atoms with E-state index in [0.29, 0.717) is 20.9 Å². The van der Waals surface area contributed by atoms with E-state index in [1.54, 1.807) is 12.1 Å². The topological polar surface area (TPSA) is 66.0 Å². The van der Waals surface area contributed by atoms with Gasteiger partial charge in [0.2, 0.25) is 11.7 Å². The number of H-pyrrole nitrogens is 1. The number of nitrogens with one attached hydrogen (secondary N) is 1. The van der Waals surface area contributed by atoms with E-state index in [2.05, 4.69) is 9.97 Å². The van der Waals surface area contributed by atoms with Gasteiger partial charge in [0.05, 0.1) is 15.4 Å². The van der Waals surface area contributed by atoms with Crippen LogP contribution in [0.1, 0.15) is 20.8 Å². The van der Waals surface area contributed by atoms with Gasteiger partial charge in [-0.1, -0.05) is 11.6 Å². The average Bonchev–Trinajstić information content (AvgIpc) is 2.91. The lowest BCUT2D eigenvalue weighted by molar-refractivity contribution is 0.104. The minimum Gasteiger partial charge on any atom is -0.494 e. The molecule has 3 aromatic rings. The Morgan fingerprint density at radius 2 is 2.26 bits per heavy atom. The Morgan fingerprint density at radius 1 is 1.47 bits per heavy atom. The minimum atomic E-state index is -0.239. The number of halogens is 1. The smallest absolute Gasteiger partial charge is 0.210 e. The van der Waals surface area contributed by atoms with Crippen LogP contribution < -0.4 is 0 Å². The highest BCUT2D eigenvalue weighted by Gasteiger charge is 2.22. The average molecular weight is 293 g/mol. The molecule has 0 aromatic carbocycles. The van der Waals surface area contributed by atoms with E-state index in [1.165, 1.54) is 17.5 Å². The Balaban J connectivity index is 2.19. The number of aromatic hydroxyl groups is 1. The summed E-state index contributed by atoms with van der Waals surface area (Å²) in [6, 6.07) is 3.42. The first-order valence-corrected chi connectivity index (χ1v) is 6.78. The molecule has 6 heteroatoms. The van der Waals surface area contributed by atoms with Crippen LogP contribution in [0.5, 0.6) is 5.88 Å². The first kappa shape index (κ1) is 12.2. The third-order valence-electron chi connectivity index (χ3n) is 2.76. The van der Waals surface area contributed by atoms with Gasteiger partial charge >= 0.3 is 0 Å². The first-order chi connectivity index (χ1) is 9.06. The molecule has 0 saturated carbocycles. The quantitative estimate of drug-likeness (QED) is 0.710. The summed E-state index contributed by atoms with van der Waals surface area (Å²) in [5.41, 5.74) is 2.18. The van der Waals surface area contributed by atoms with Gasteiger partial charge in [0.15, 0.2) is 0 Å². The number of aromatic nitrogens is 2. The fourth-order valence-corrected chi connectivity index (χ4v) is 2.93. The van der Waals surface area contributed by atoms with Crippen molar-refractivity contribution >= 4 is 39.8 Å². The second kappa shape index (κ2) is 4.36. The molecule has 3 rings (SSSR count). The lowest BCUT2D eigenvalue weighted by Gasteiger charge is -1.96. The molecule has 0 fully saturated rings. The van der Waals surface area contributed by atoms with E-state index >= 15 is 0 Å².